The van der Waals surface area contributed by atoms with Crippen molar-refractivity contribution in [2.75, 3.05) is 63.4 Å². The molecule has 5 nitrogen and oxygen atoms in total. The standard InChI is InChI=1S/C20H28N2O3/c1-3-7-19(8-4-1)21-11-13-23-15-17-25-18-16-24-14-12-22-20-9-5-2-6-10-20/h1-10,21-22H,11-18H2. The molecule has 0 aromatic heterocycles. The Bertz CT molecular complexity index is 488. The van der Waals surface area contributed by atoms with E-state index in [0.717, 1.165) is 24.5 Å². The Morgan fingerprint density at radius 2 is 0.840 bits per heavy atom. The maximum atomic E-state index is 5.51. The number of hydrogen-bond donors (Lipinski definition) is 2. The zero-order chi connectivity index (χ0) is 17.4. The van der Waals surface area contributed by atoms with Crippen LogP contribution in [0.3, 0.4) is 0 Å². The molecule has 25 heavy (non-hydrogen) atoms. The Morgan fingerprint density at radius 1 is 0.480 bits per heavy atom. The Balaban J connectivity index is 1.30. The van der Waals surface area contributed by atoms with Crippen LogP contribution in [0.1, 0.15) is 0 Å². The summed E-state index contributed by atoms with van der Waals surface area (Å²) >= 11 is 0. The van der Waals surface area contributed by atoms with Gasteiger partial charge in [-0.15, -0.1) is 0 Å². The lowest BCUT2D eigenvalue weighted by Crippen LogP contribution is -2.15. The van der Waals surface area contributed by atoms with E-state index in [1.165, 1.54) is 0 Å². The molecular formula is C20H28N2O3. The number of benzene rings is 2. The van der Waals surface area contributed by atoms with Crippen LogP contribution < -0.4 is 10.6 Å². The minimum atomic E-state index is 0.594. The van der Waals surface area contributed by atoms with Gasteiger partial charge in [0.1, 0.15) is 0 Å². The second-order valence-corrected chi connectivity index (χ2v) is 5.42. The first-order chi connectivity index (χ1) is 12.4. The summed E-state index contributed by atoms with van der Waals surface area (Å²) in [6.45, 7) is 5.31. The molecule has 0 fully saturated rings. The highest BCUT2D eigenvalue weighted by Crippen LogP contribution is 2.04. The van der Waals surface area contributed by atoms with Crippen LogP contribution in [0.15, 0.2) is 60.7 Å². The molecule has 2 aromatic carbocycles. The van der Waals surface area contributed by atoms with Crippen molar-refractivity contribution in [1.82, 2.24) is 0 Å². The van der Waals surface area contributed by atoms with Crippen LogP contribution in [0.4, 0.5) is 11.4 Å². The predicted octanol–water partition coefficient (Wildman–Crippen LogP) is 3.26. The highest BCUT2D eigenvalue weighted by atomic mass is 16.5. The summed E-state index contributed by atoms with van der Waals surface area (Å²) in [6, 6.07) is 20.2. The van der Waals surface area contributed by atoms with E-state index in [4.69, 9.17) is 14.2 Å². The Morgan fingerprint density at radius 3 is 1.24 bits per heavy atom. The number of anilines is 2. The average molecular weight is 344 g/mol. The first-order valence-electron chi connectivity index (χ1n) is 8.76. The van der Waals surface area contributed by atoms with E-state index >= 15 is 0 Å². The van der Waals surface area contributed by atoms with Crippen molar-refractivity contribution in [3.8, 4) is 0 Å². The average Bonchev–Trinajstić information content (AvgIpc) is 2.67. The molecule has 0 aliphatic rings. The molecule has 136 valence electrons. The van der Waals surface area contributed by atoms with Crippen LogP contribution in [-0.4, -0.2) is 52.7 Å². The van der Waals surface area contributed by atoms with Crippen LogP contribution in [0.5, 0.6) is 0 Å². The second-order valence-electron chi connectivity index (χ2n) is 5.42. The molecule has 2 rings (SSSR count). The van der Waals surface area contributed by atoms with Crippen LogP contribution in [-0.2, 0) is 14.2 Å². The van der Waals surface area contributed by atoms with E-state index in [2.05, 4.69) is 10.6 Å². The summed E-state index contributed by atoms with van der Waals surface area (Å²) in [4.78, 5) is 0. The van der Waals surface area contributed by atoms with Gasteiger partial charge in [0.2, 0.25) is 0 Å². The first-order valence-corrected chi connectivity index (χ1v) is 8.76. The summed E-state index contributed by atoms with van der Waals surface area (Å²) in [7, 11) is 0. The van der Waals surface area contributed by atoms with Crippen LogP contribution in [0, 0.1) is 0 Å². The Hall–Kier alpha value is -2.08. The maximum Gasteiger partial charge on any atom is 0.0701 e. The van der Waals surface area contributed by atoms with E-state index in [0.29, 0.717) is 39.6 Å². The molecule has 0 saturated heterocycles. The molecule has 5 heteroatoms. The molecule has 2 aromatic rings. The monoisotopic (exact) mass is 344 g/mol. The van der Waals surface area contributed by atoms with E-state index in [1.54, 1.807) is 0 Å². The molecule has 0 heterocycles. The van der Waals surface area contributed by atoms with Gasteiger partial charge in [-0.25, -0.2) is 0 Å². The zero-order valence-electron chi connectivity index (χ0n) is 14.7. The molecule has 0 amide bonds. The molecule has 0 bridgehead atoms. The summed E-state index contributed by atoms with van der Waals surface area (Å²) in [5.74, 6) is 0. The molecule has 0 unspecified atom stereocenters. The van der Waals surface area contributed by atoms with E-state index in [1.807, 2.05) is 60.7 Å². The van der Waals surface area contributed by atoms with Crippen molar-refractivity contribution in [1.29, 1.82) is 0 Å². The van der Waals surface area contributed by atoms with Crippen molar-refractivity contribution in [3.63, 3.8) is 0 Å². The molecule has 0 atom stereocenters. The van der Waals surface area contributed by atoms with Gasteiger partial charge in [0, 0.05) is 24.5 Å². The molecule has 0 saturated carbocycles. The minimum absolute atomic E-state index is 0.594. The number of ether oxygens (including phenoxy) is 3. The fourth-order valence-electron chi connectivity index (χ4n) is 2.19. The predicted molar refractivity (Wildman–Crippen MR) is 102 cm³/mol. The second kappa shape index (κ2) is 13.2. The molecular weight excluding hydrogens is 316 g/mol. The van der Waals surface area contributed by atoms with Crippen molar-refractivity contribution < 1.29 is 14.2 Å². The van der Waals surface area contributed by atoms with Crippen molar-refractivity contribution in [2.45, 2.75) is 0 Å². The highest BCUT2D eigenvalue weighted by Gasteiger charge is 1.93. The van der Waals surface area contributed by atoms with Gasteiger partial charge in [-0.05, 0) is 24.3 Å². The third-order valence-electron chi connectivity index (χ3n) is 3.44. The Labute approximate surface area is 150 Å². The molecule has 0 spiro atoms. The third-order valence-corrected chi connectivity index (χ3v) is 3.44. The van der Waals surface area contributed by atoms with Gasteiger partial charge in [0.15, 0.2) is 0 Å². The number of nitrogens with one attached hydrogen (secondary N) is 2. The van der Waals surface area contributed by atoms with E-state index in [-0.39, 0.29) is 0 Å². The van der Waals surface area contributed by atoms with Crippen LogP contribution in [0.25, 0.3) is 0 Å². The van der Waals surface area contributed by atoms with Gasteiger partial charge < -0.3 is 24.8 Å². The van der Waals surface area contributed by atoms with Gasteiger partial charge in [0.25, 0.3) is 0 Å². The van der Waals surface area contributed by atoms with Gasteiger partial charge in [-0.1, -0.05) is 36.4 Å². The van der Waals surface area contributed by atoms with Crippen molar-refractivity contribution in [2.24, 2.45) is 0 Å². The van der Waals surface area contributed by atoms with Crippen LogP contribution in [0.2, 0.25) is 0 Å². The fraction of sp³-hybridized carbons (Fsp3) is 0.400. The highest BCUT2D eigenvalue weighted by molar-refractivity contribution is 5.42. The van der Waals surface area contributed by atoms with Crippen molar-refractivity contribution in [3.05, 3.63) is 60.7 Å². The van der Waals surface area contributed by atoms with Gasteiger partial charge in [0.05, 0.1) is 39.6 Å². The smallest absolute Gasteiger partial charge is 0.0701 e. The summed E-state index contributed by atoms with van der Waals surface area (Å²) in [6.07, 6.45) is 0. The number of para-hydroxylation sites is 2. The SMILES string of the molecule is c1ccc(NCCOCCOCCOCCNc2ccccc2)cc1. The zero-order valence-corrected chi connectivity index (χ0v) is 14.7. The third kappa shape index (κ3) is 9.72. The minimum Gasteiger partial charge on any atom is -0.383 e. The van der Waals surface area contributed by atoms with Crippen LogP contribution >= 0.6 is 0 Å². The lowest BCUT2D eigenvalue weighted by atomic mass is 10.3. The quantitative estimate of drug-likeness (QED) is 0.515. The topological polar surface area (TPSA) is 51.8 Å². The van der Waals surface area contributed by atoms with Gasteiger partial charge in [-0.2, -0.15) is 0 Å². The molecule has 0 aliphatic carbocycles. The van der Waals surface area contributed by atoms with Gasteiger partial charge in [-0.3, -0.25) is 0 Å². The lowest BCUT2D eigenvalue weighted by molar-refractivity contribution is 0.0183. The molecule has 2 N–H and O–H groups in total. The fourth-order valence-corrected chi connectivity index (χ4v) is 2.19. The molecule has 0 aliphatic heterocycles. The lowest BCUT2D eigenvalue weighted by Gasteiger charge is -2.09. The maximum absolute atomic E-state index is 5.51. The summed E-state index contributed by atoms with van der Waals surface area (Å²) in [5.41, 5.74) is 2.22. The van der Waals surface area contributed by atoms with Gasteiger partial charge >= 0.3 is 0 Å². The van der Waals surface area contributed by atoms with E-state index in [9.17, 15) is 0 Å². The number of rotatable bonds is 14. The Kier molecular flexibility index (Phi) is 10.2. The first kappa shape index (κ1) is 19.2. The van der Waals surface area contributed by atoms with Crippen molar-refractivity contribution >= 4 is 11.4 Å². The largest absolute Gasteiger partial charge is 0.383 e. The summed E-state index contributed by atoms with van der Waals surface area (Å²) < 4.78 is 16.5. The normalized spacial score (nSPS) is 10.6. The number of hydrogen-bond acceptors (Lipinski definition) is 5. The van der Waals surface area contributed by atoms with E-state index < -0.39 is 0 Å². The molecule has 0 radical (unpaired) electrons. The summed E-state index contributed by atoms with van der Waals surface area (Å²) in [5, 5.41) is 6.59.